The summed E-state index contributed by atoms with van der Waals surface area (Å²) in [4.78, 5) is 0. The summed E-state index contributed by atoms with van der Waals surface area (Å²) in [7, 11) is 0. The predicted octanol–water partition coefficient (Wildman–Crippen LogP) is 15.4. The van der Waals surface area contributed by atoms with E-state index in [0.717, 1.165) is 99.9 Å². The van der Waals surface area contributed by atoms with Crippen molar-refractivity contribution in [1.29, 1.82) is 0 Å². The van der Waals surface area contributed by atoms with Gasteiger partial charge in [-0.15, -0.1) is 0 Å². The quantitative estimate of drug-likeness (QED) is 0.121. The number of para-hydroxylation sites is 2. The predicted molar refractivity (Wildman–Crippen MR) is 251 cm³/mol. The van der Waals surface area contributed by atoms with Crippen LogP contribution in [0.25, 0.3) is 94.9 Å². The third-order valence-electron chi connectivity index (χ3n) is 11.1. The molecule has 0 radical (unpaired) electrons. The molecule has 58 heavy (non-hydrogen) atoms. The number of rotatable bonds is 11. The van der Waals surface area contributed by atoms with Gasteiger partial charge in [0.2, 0.25) is 0 Å². The lowest BCUT2D eigenvalue weighted by atomic mass is 9.93. The summed E-state index contributed by atoms with van der Waals surface area (Å²) < 4.78 is 10.8. The number of hydrogen-bond acceptors (Lipinski definition) is 1. The molecule has 0 unspecified atom stereocenters. The fourth-order valence-corrected chi connectivity index (χ4v) is 8.36. The molecule has 0 aliphatic carbocycles. The van der Waals surface area contributed by atoms with Crippen molar-refractivity contribution in [1.82, 2.24) is 9.13 Å². The third-order valence-corrected chi connectivity index (χ3v) is 11.1. The molecule has 3 heterocycles. The molecular formula is C55H42N2O. The number of benzene rings is 6. The second-order valence-corrected chi connectivity index (χ2v) is 14.4. The Labute approximate surface area is 338 Å². The Bertz CT molecular complexity index is 3260. The molecule has 3 nitrogen and oxygen atoms in total. The lowest BCUT2D eigenvalue weighted by molar-refractivity contribution is 0.669. The van der Waals surface area contributed by atoms with Crippen molar-refractivity contribution in [2.45, 2.75) is 6.92 Å². The van der Waals surface area contributed by atoms with Gasteiger partial charge in [-0.3, -0.25) is 0 Å². The van der Waals surface area contributed by atoms with E-state index in [0.29, 0.717) is 0 Å². The van der Waals surface area contributed by atoms with Gasteiger partial charge in [-0.2, -0.15) is 0 Å². The van der Waals surface area contributed by atoms with Crippen LogP contribution < -0.4 is 0 Å². The van der Waals surface area contributed by atoms with Crippen LogP contribution in [0.4, 0.5) is 0 Å². The number of hydrogen-bond donors (Lipinski definition) is 0. The van der Waals surface area contributed by atoms with Gasteiger partial charge in [0.05, 0.1) is 22.2 Å². The molecule has 0 aliphatic heterocycles. The number of fused-ring (bicyclic) bond motifs is 7. The molecule has 0 saturated carbocycles. The van der Waals surface area contributed by atoms with Crippen LogP contribution in [-0.2, 0) is 0 Å². The summed E-state index contributed by atoms with van der Waals surface area (Å²) in [6.07, 6.45) is 15.5. The van der Waals surface area contributed by atoms with E-state index in [-0.39, 0.29) is 0 Å². The van der Waals surface area contributed by atoms with E-state index in [9.17, 15) is 0 Å². The number of nitrogens with zero attached hydrogens (tertiary/aromatic N) is 2. The minimum atomic E-state index is 0.820. The maximum Gasteiger partial charge on any atom is 0.135 e. The van der Waals surface area contributed by atoms with E-state index in [1.807, 2.05) is 36.4 Å². The van der Waals surface area contributed by atoms with Gasteiger partial charge in [0, 0.05) is 43.9 Å². The molecule has 0 saturated heterocycles. The molecule has 0 amide bonds. The van der Waals surface area contributed by atoms with Crippen LogP contribution in [0.3, 0.4) is 0 Å². The van der Waals surface area contributed by atoms with Crippen LogP contribution in [-0.4, -0.2) is 9.13 Å². The number of aromatic nitrogens is 2. The highest BCUT2D eigenvalue weighted by molar-refractivity contribution is 6.12. The van der Waals surface area contributed by atoms with E-state index >= 15 is 0 Å². The molecule has 0 spiro atoms. The highest BCUT2D eigenvalue weighted by Gasteiger charge is 2.19. The maximum atomic E-state index is 6.17. The Morgan fingerprint density at radius 1 is 0.586 bits per heavy atom. The fraction of sp³-hybridized carbons (Fsp3) is 0.0182. The van der Waals surface area contributed by atoms with E-state index in [1.54, 1.807) is 12.2 Å². The summed E-state index contributed by atoms with van der Waals surface area (Å²) in [5.74, 6) is 0. The summed E-state index contributed by atoms with van der Waals surface area (Å²) in [6, 6.07) is 45.6. The molecular weight excluding hydrogens is 705 g/mol. The molecule has 0 atom stereocenters. The standard InChI is InChI=1S/C55H42N2O/c1-7-11-18-36(5)37(6)43(16-8-2)38-23-27-41(28-24-38)56-50(10-4)44(17-9-3)47-33-39(25-30-52(47)56)40-26-31-53-48(34-40)45-19-12-14-21-51(45)57(53)42-29-32-55-49(35-42)46-20-13-15-22-54(46)58-55/h7-35H,1-2,4-6H2,3H3/b17-9-,18-11-,43-16+. The topological polar surface area (TPSA) is 23.0 Å². The van der Waals surface area contributed by atoms with Gasteiger partial charge < -0.3 is 13.6 Å². The molecule has 278 valence electrons. The van der Waals surface area contributed by atoms with Crippen LogP contribution in [0.2, 0.25) is 0 Å². The molecule has 6 aromatic carbocycles. The Morgan fingerprint density at radius 3 is 1.97 bits per heavy atom. The second-order valence-electron chi connectivity index (χ2n) is 14.4. The molecule has 9 rings (SSSR count). The van der Waals surface area contributed by atoms with Gasteiger partial charge in [0.1, 0.15) is 11.2 Å². The average molecular weight is 747 g/mol. The van der Waals surface area contributed by atoms with Crippen molar-refractivity contribution in [2.24, 2.45) is 0 Å². The van der Waals surface area contributed by atoms with Crippen LogP contribution in [0.1, 0.15) is 23.7 Å². The Morgan fingerprint density at radius 2 is 1.24 bits per heavy atom. The first kappa shape index (κ1) is 36.0. The molecule has 3 aromatic heterocycles. The number of allylic oxidation sites excluding steroid dienone is 9. The Balaban J connectivity index is 1.14. The smallest absolute Gasteiger partial charge is 0.135 e. The van der Waals surface area contributed by atoms with Gasteiger partial charge in [-0.25, -0.2) is 0 Å². The zero-order valence-corrected chi connectivity index (χ0v) is 32.6. The van der Waals surface area contributed by atoms with Crippen molar-refractivity contribution in [3.63, 3.8) is 0 Å². The monoisotopic (exact) mass is 746 g/mol. The maximum absolute atomic E-state index is 6.17. The van der Waals surface area contributed by atoms with Crippen molar-refractivity contribution < 1.29 is 4.42 Å². The minimum absolute atomic E-state index is 0.820. The van der Waals surface area contributed by atoms with E-state index in [1.165, 1.54) is 10.8 Å². The summed E-state index contributed by atoms with van der Waals surface area (Å²) in [5.41, 5.74) is 15.5. The SMILES string of the molecule is C=C/C=C\C(=C)C(=C)/C(=C\C=C)c1ccc(-n2c(C=C)c(/C=C\C)c3cc(-c4ccc5c(c4)c4ccccc4n5-c4ccc5oc6ccccc6c5c4)ccc32)cc1. The first-order valence-electron chi connectivity index (χ1n) is 19.4. The molecule has 0 bridgehead atoms. The summed E-state index contributed by atoms with van der Waals surface area (Å²) in [6.45, 7) is 22.6. The van der Waals surface area contributed by atoms with Gasteiger partial charge in [-0.05, 0) is 113 Å². The second kappa shape index (κ2) is 14.8. The third kappa shape index (κ3) is 5.93. The highest BCUT2D eigenvalue weighted by atomic mass is 16.3. The Hall–Kier alpha value is -7.62. The first-order valence-corrected chi connectivity index (χ1v) is 19.4. The molecule has 0 fully saturated rings. The fourth-order valence-electron chi connectivity index (χ4n) is 8.36. The van der Waals surface area contributed by atoms with Gasteiger partial charge in [-0.1, -0.05) is 136 Å². The number of furan rings is 1. The molecule has 3 heteroatoms. The van der Waals surface area contributed by atoms with E-state index in [2.05, 4.69) is 176 Å². The van der Waals surface area contributed by atoms with Crippen LogP contribution >= 0.6 is 0 Å². The van der Waals surface area contributed by atoms with Crippen molar-refractivity contribution in [3.05, 3.63) is 225 Å². The van der Waals surface area contributed by atoms with Gasteiger partial charge in [0.25, 0.3) is 0 Å². The molecule has 0 N–H and O–H groups in total. The van der Waals surface area contributed by atoms with E-state index < -0.39 is 0 Å². The normalized spacial score (nSPS) is 12.2. The van der Waals surface area contributed by atoms with Crippen LogP contribution in [0, 0.1) is 0 Å². The Kier molecular flexibility index (Phi) is 9.20. The highest BCUT2D eigenvalue weighted by Crippen LogP contribution is 2.40. The molecule has 9 aromatic rings. The lowest BCUT2D eigenvalue weighted by Gasteiger charge is -2.14. The zero-order valence-electron chi connectivity index (χ0n) is 32.6. The zero-order chi connectivity index (χ0) is 39.9. The molecule has 0 aliphatic rings. The summed E-state index contributed by atoms with van der Waals surface area (Å²) in [5, 5.41) is 5.81. The van der Waals surface area contributed by atoms with Gasteiger partial charge >= 0.3 is 0 Å². The van der Waals surface area contributed by atoms with Crippen LogP contribution in [0.5, 0.6) is 0 Å². The van der Waals surface area contributed by atoms with Crippen LogP contribution in [0.15, 0.2) is 212 Å². The lowest BCUT2D eigenvalue weighted by Crippen LogP contribution is -1.98. The first-order chi connectivity index (χ1) is 28.4. The minimum Gasteiger partial charge on any atom is -0.456 e. The van der Waals surface area contributed by atoms with Crippen molar-refractivity contribution in [3.8, 4) is 22.5 Å². The average Bonchev–Trinajstić information content (AvgIpc) is 3.91. The largest absolute Gasteiger partial charge is 0.456 e. The van der Waals surface area contributed by atoms with Crippen molar-refractivity contribution >= 4 is 72.4 Å². The van der Waals surface area contributed by atoms with Crippen molar-refractivity contribution in [2.75, 3.05) is 0 Å². The van der Waals surface area contributed by atoms with E-state index in [4.69, 9.17) is 4.42 Å². The summed E-state index contributed by atoms with van der Waals surface area (Å²) >= 11 is 0. The van der Waals surface area contributed by atoms with Gasteiger partial charge in [0.15, 0.2) is 0 Å².